The van der Waals surface area contributed by atoms with Gasteiger partial charge in [-0.15, -0.1) is 10.2 Å². The number of benzene rings is 2. The Kier molecular flexibility index (Phi) is 3.60. The normalized spacial score (nSPS) is 11.6. The summed E-state index contributed by atoms with van der Waals surface area (Å²) in [6.45, 7) is 2.11. The summed E-state index contributed by atoms with van der Waals surface area (Å²) in [6, 6.07) is 22.9. The molecule has 0 bridgehead atoms. The van der Waals surface area contributed by atoms with Gasteiger partial charge in [-0.2, -0.15) is 0 Å². The van der Waals surface area contributed by atoms with Crippen molar-refractivity contribution in [3.8, 4) is 0 Å². The maximum Gasteiger partial charge on any atom is 0.196 e. The Morgan fingerprint density at radius 2 is 1.77 bits per heavy atom. The van der Waals surface area contributed by atoms with Gasteiger partial charge in [0.2, 0.25) is 0 Å². The highest BCUT2D eigenvalue weighted by atomic mass is 32.2. The summed E-state index contributed by atoms with van der Waals surface area (Å²) in [5.74, 6) is 0.758. The second kappa shape index (κ2) is 6.11. The van der Waals surface area contributed by atoms with Crippen molar-refractivity contribution in [2.75, 3.05) is 0 Å². The van der Waals surface area contributed by atoms with Crippen LogP contribution in [0.5, 0.6) is 0 Å². The molecule has 0 saturated carbocycles. The highest BCUT2D eigenvalue weighted by Crippen LogP contribution is 2.27. The molecule has 0 aliphatic carbocycles. The van der Waals surface area contributed by atoms with Gasteiger partial charge in [0.25, 0.3) is 0 Å². The van der Waals surface area contributed by atoms with Crippen molar-refractivity contribution in [2.45, 2.75) is 17.8 Å². The minimum absolute atomic E-state index is 0.758. The van der Waals surface area contributed by atoms with Gasteiger partial charge in [0.05, 0.1) is 16.7 Å². The molecule has 0 radical (unpaired) electrons. The second-order valence-corrected chi connectivity index (χ2v) is 7.25. The topological polar surface area (TPSA) is 43.1 Å². The Bertz CT molecular complexity index is 1260. The molecule has 126 valence electrons. The van der Waals surface area contributed by atoms with Crippen LogP contribution in [0, 0.1) is 6.92 Å². The van der Waals surface area contributed by atoms with E-state index in [9.17, 15) is 0 Å². The first-order valence-corrected chi connectivity index (χ1v) is 9.49. The average Bonchev–Trinajstić information content (AvgIpc) is 3.09. The summed E-state index contributed by atoms with van der Waals surface area (Å²) >= 11 is 1.67. The molecule has 5 rings (SSSR count). The number of para-hydroxylation sites is 2. The van der Waals surface area contributed by atoms with Crippen molar-refractivity contribution in [3.63, 3.8) is 0 Å². The molecule has 5 aromatic rings. The first-order valence-electron chi connectivity index (χ1n) is 8.50. The summed E-state index contributed by atoms with van der Waals surface area (Å²) in [4.78, 5) is 4.75. The van der Waals surface area contributed by atoms with E-state index in [0.29, 0.717) is 0 Å². The SMILES string of the molecule is Cc1cc2nnc(SCc3ccc4ccccc4n3)n2c2ccccc12. The van der Waals surface area contributed by atoms with E-state index in [2.05, 4.69) is 70.1 Å². The highest BCUT2D eigenvalue weighted by molar-refractivity contribution is 7.98. The zero-order valence-corrected chi connectivity index (χ0v) is 15.1. The average molecular weight is 356 g/mol. The number of fused-ring (bicyclic) bond motifs is 4. The summed E-state index contributed by atoms with van der Waals surface area (Å²) < 4.78 is 2.13. The predicted octanol–water partition coefficient (Wildman–Crippen LogP) is 5.03. The predicted molar refractivity (Wildman–Crippen MR) is 107 cm³/mol. The van der Waals surface area contributed by atoms with Gasteiger partial charge in [0.15, 0.2) is 10.8 Å². The molecule has 3 heterocycles. The number of hydrogen-bond acceptors (Lipinski definition) is 4. The maximum absolute atomic E-state index is 4.75. The van der Waals surface area contributed by atoms with Gasteiger partial charge in [-0.25, -0.2) is 0 Å². The lowest BCUT2D eigenvalue weighted by atomic mass is 10.1. The first-order chi connectivity index (χ1) is 12.8. The van der Waals surface area contributed by atoms with Gasteiger partial charge >= 0.3 is 0 Å². The number of nitrogens with zero attached hydrogens (tertiary/aromatic N) is 4. The molecule has 0 amide bonds. The van der Waals surface area contributed by atoms with E-state index < -0.39 is 0 Å². The summed E-state index contributed by atoms with van der Waals surface area (Å²) in [5, 5.41) is 12.1. The van der Waals surface area contributed by atoms with Crippen molar-refractivity contribution in [2.24, 2.45) is 0 Å². The molecular weight excluding hydrogens is 340 g/mol. The Balaban J connectivity index is 1.54. The molecule has 5 heteroatoms. The van der Waals surface area contributed by atoms with Crippen LogP contribution in [0.3, 0.4) is 0 Å². The van der Waals surface area contributed by atoms with E-state index >= 15 is 0 Å². The Morgan fingerprint density at radius 3 is 2.73 bits per heavy atom. The minimum Gasteiger partial charge on any atom is -0.270 e. The Morgan fingerprint density at radius 1 is 0.923 bits per heavy atom. The van der Waals surface area contributed by atoms with Crippen LogP contribution in [0.4, 0.5) is 0 Å². The third-order valence-electron chi connectivity index (χ3n) is 4.58. The Labute approximate surface area is 154 Å². The molecule has 0 saturated heterocycles. The summed E-state index contributed by atoms with van der Waals surface area (Å²) in [7, 11) is 0. The molecule has 0 N–H and O–H groups in total. The van der Waals surface area contributed by atoms with Gasteiger partial charge < -0.3 is 0 Å². The molecule has 0 atom stereocenters. The second-order valence-electron chi connectivity index (χ2n) is 6.30. The van der Waals surface area contributed by atoms with Crippen LogP contribution in [0.15, 0.2) is 71.9 Å². The molecule has 0 unspecified atom stereocenters. The number of hydrogen-bond donors (Lipinski definition) is 0. The maximum atomic E-state index is 4.75. The fourth-order valence-electron chi connectivity index (χ4n) is 3.30. The van der Waals surface area contributed by atoms with Crippen LogP contribution < -0.4 is 0 Å². The van der Waals surface area contributed by atoms with Crippen LogP contribution in [-0.2, 0) is 5.75 Å². The lowest BCUT2D eigenvalue weighted by Gasteiger charge is -2.07. The van der Waals surface area contributed by atoms with E-state index in [1.165, 1.54) is 10.9 Å². The largest absolute Gasteiger partial charge is 0.270 e. The molecule has 3 aromatic heterocycles. The zero-order valence-electron chi connectivity index (χ0n) is 14.3. The molecule has 2 aromatic carbocycles. The molecule has 0 aliphatic rings. The number of rotatable bonds is 3. The van der Waals surface area contributed by atoms with E-state index in [1.807, 2.05) is 18.2 Å². The van der Waals surface area contributed by atoms with Crippen LogP contribution in [0.25, 0.3) is 27.5 Å². The molecule has 4 nitrogen and oxygen atoms in total. The standard InChI is InChI=1S/C21H16N4S/c1-14-12-20-23-24-21(25(20)19-9-5-3-7-17(14)19)26-13-16-11-10-15-6-2-4-8-18(15)22-16/h2-12H,13H2,1H3. The molecule has 0 spiro atoms. The first kappa shape index (κ1) is 15.3. The third-order valence-corrected chi connectivity index (χ3v) is 5.54. The molecule has 0 fully saturated rings. The van der Waals surface area contributed by atoms with E-state index in [-0.39, 0.29) is 0 Å². The smallest absolute Gasteiger partial charge is 0.196 e. The van der Waals surface area contributed by atoms with Gasteiger partial charge in [0, 0.05) is 16.5 Å². The van der Waals surface area contributed by atoms with Crippen LogP contribution >= 0.6 is 11.8 Å². The Hall–Kier alpha value is -2.92. The lowest BCUT2D eigenvalue weighted by Crippen LogP contribution is -1.94. The number of aromatic nitrogens is 4. The van der Waals surface area contributed by atoms with Crippen LogP contribution in [-0.4, -0.2) is 19.6 Å². The summed E-state index contributed by atoms with van der Waals surface area (Å²) in [6.07, 6.45) is 0. The van der Waals surface area contributed by atoms with E-state index in [4.69, 9.17) is 4.98 Å². The van der Waals surface area contributed by atoms with Crippen molar-refractivity contribution in [3.05, 3.63) is 78.0 Å². The zero-order chi connectivity index (χ0) is 17.5. The fraction of sp³-hybridized carbons (Fsp3) is 0.0952. The van der Waals surface area contributed by atoms with Gasteiger partial charge in [-0.05, 0) is 36.8 Å². The van der Waals surface area contributed by atoms with Crippen molar-refractivity contribution in [1.82, 2.24) is 19.6 Å². The van der Waals surface area contributed by atoms with Gasteiger partial charge in [-0.3, -0.25) is 9.38 Å². The van der Waals surface area contributed by atoms with Gasteiger partial charge in [0.1, 0.15) is 0 Å². The van der Waals surface area contributed by atoms with E-state index in [1.54, 1.807) is 11.8 Å². The number of aryl methyl sites for hydroxylation is 1. The number of pyridine rings is 2. The monoisotopic (exact) mass is 356 g/mol. The van der Waals surface area contributed by atoms with Gasteiger partial charge in [-0.1, -0.05) is 54.2 Å². The third kappa shape index (κ3) is 2.52. The van der Waals surface area contributed by atoms with Crippen molar-refractivity contribution in [1.29, 1.82) is 0 Å². The van der Waals surface area contributed by atoms with Crippen molar-refractivity contribution >= 4 is 39.2 Å². The molecular formula is C21H16N4S. The van der Waals surface area contributed by atoms with Crippen LogP contribution in [0.2, 0.25) is 0 Å². The lowest BCUT2D eigenvalue weighted by molar-refractivity contribution is 0.938. The molecule has 0 aliphatic heterocycles. The number of thioether (sulfide) groups is 1. The van der Waals surface area contributed by atoms with Crippen molar-refractivity contribution < 1.29 is 0 Å². The highest BCUT2D eigenvalue weighted by Gasteiger charge is 2.11. The van der Waals surface area contributed by atoms with E-state index in [0.717, 1.165) is 38.7 Å². The fourth-order valence-corrected chi connectivity index (χ4v) is 4.15. The minimum atomic E-state index is 0.758. The molecule has 26 heavy (non-hydrogen) atoms. The summed E-state index contributed by atoms with van der Waals surface area (Å²) in [5.41, 5.74) is 5.31. The van der Waals surface area contributed by atoms with Crippen LogP contribution in [0.1, 0.15) is 11.3 Å². The quantitative estimate of drug-likeness (QED) is 0.425.